The molecule has 0 saturated carbocycles. The zero-order valence-electron chi connectivity index (χ0n) is 11.1. The predicted molar refractivity (Wildman–Crippen MR) is 29.7 cm³/mol. The van der Waals surface area contributed by atoms with Crippen LogP contribution in [0.3, 0.4) is 0 Å². The molecule has 0 atom stereocenters. The third kappa shape index (κ3) is 2.25. The molecular weight excluding hydrogens is 72.1 g/mol. The lowest BCUT2D eigenvalue weighted by Gasteiger charge is -2.05. The summed E-state index contributed by atoms with van der Waals surface area (Å²) in [6.07, 6.45) is 0. The number of hydrogen-bond donors (Lipinski definition) is 0. The predicted octanol–water partition coefficient (Wildman–Crippen LogP) is 2.30. The van der Waals surface area contributed by atoms with Crippen molar-refractivity contribution in [3.8, 4) is 0 Å². The second kappa shape index (κ2) is 2.22. The minimum Gasteiger partial charge on any atom is -0.0625 e. The Labute approximate surface area is 50.4 Å². The molecule has 38 valence electrons. The van der Waals surface area contributed by atoms with Gasteiger partial charge in [-0.25, -0.2) is 0 Å². The first-order chi connectivity index (χ1) is 5.44. The molecule has 0 aliphatic heterocycles. The van der Waals surface area contributed by atoms with E-state index in [1.807, 2.05) is 0 Å². The van der Waals surface area contributed by atoms with Crippen LogP contribution in [-0.4, -0.2) is 0 Å². The van der Waals surface area contributed by atoms with Crippen LogP contribution in [-0.2, 0) is 0 Å². The third-order valence-electron chi connectivity index (χ3n) is 0.577. The summed E-state index contributed by atoms with van der Waals surface area (Å²) in [5.41, 5.74) is 0. The van der Waals surface area contributed by atoms with E-state index in [1.165, 1.54) is 13.8 Å². The van der Waals surface area contributed by atoms with Gasteiger partial charge in [0.15, 0.2) is 0 Å². The fraction of sp³-hybridized carbons (Fsp3) is 1.00. The molecule has 0 aliphatic rings. The first-order valence-corrected chi connectivity index (χ1v) is 1.94. The van der Waals surface area contributed by atoms with Gasteiger partial charge in [0.2, 0.25) is 0 Å². The zero-order valence-corrected chi connectivity index (χ0v) is 4.08. The van der Waals surface area contributed by atoms with Gasteiger partial charge in [0.1, 0.15) is 0 Å². The van der Waals surface area contributed by atoms with Gasteiger partial charge in [-0.15, -0.1) is 0 Å². The summed E-state index contributed by atoms with van der Waals surface area (Å²) >= 11 is 0. The standard InChI is InChI=1S/C6H14/c1-5(2)6(3)4/h5-6H,1-4H3/i1D3,2D3,5D. The Morgan fingerprint density at radius 1 is 1.50 bits per heavy atom. The summed E-state index contributed by atoms with van der Waals surface area (Å²) in [5, 5.41) is 0. The summed E-state index contributed by atoms with van der Waals surface area (Å²) in [6, 6.07) is 0. The second-order valence-electron chi connectivity index (χ2n) is 1.57. The summed E-state index contributed by atoms with van der Waals surface area (Å²) < 4.78 is 49.9. The molecule has 0 amide bonds. The van der Waals surface area contributed by atoms with Crippen LogP contribution in [0.5, 0.6) is 0 Å². The normalized spacial score (nSPS) is 34.2. The van der Waals surface area contributed by atoms with Crippen LogP contribution in [0.1, 0.15) is 37.1 Å². The molecule has 0 radical (unpaired) electrons. The van der Waals surface area contributed by atoms with Gasteiger partial charge in [-0.05, 0) is 11.8 Å². The lowest BCUT2D eigenvalue weighted by atomic mass is 10.0. The highest BCUT2D eigenvalue weighted by Gasteiger charge is 1.95. The summed E-state index contributed by atoms with van der Waals surface area (Å²) in [5.74, 6) is -3.12. The van der Waals surface area contributed by atoms with Crippen molar-refractivity contribution in [2.24, 2.45) is 11.8 Å². The van der Waals surface area contributed by atoms with Crippen LogP contribution in [0.15, 0.2) is 0 Å². The Hall–Kier alpha value is 0. The van der Waals surface area contributed by atoms with E-state index in [9.17, 15) is 0 Å². The maximum Gasteiger partial charge on any atom is 0.0300 e. The first-order valence-electron chi connectivity index (χ1n) is 5.44. The van der Waals surface area contributed by atoms with E-state index in [-0.39, 0.29) is 0 Å². The van der Waals surface area contributed by atoms with E-state index in [0.717, 1.165) is 0 Å². The topological polar surface area (TPSA) is 0 Å². The molecule has 0 saturated heterocycles. The fourth-order valence-electron chi connectivity index (χ4n) is 0. The van der Waals surface area contributed by atoms with Gasteiger partial charge >= 0.3 is 0 Å². The van der Waals surface area contributed by atoms with E-state index in [0.29, 0.717) is 0 Å². The lowest BCUT2D eigenvalue weighted by Crippen LogP contribution is -1.95. The molecule has 6 heavy (non-hydrogen) atoms. The summed E-state index contributed by atoms with van der Waals surface area (Å²) in [6.45, 7) is -2.70. The van der Waals surface area contributed by atoms with Gasteiger partial charge in [0, 0.05) is 9.60 Å². The Bertz CT molecular complexity index is 160. The van der Waals surface area contributed by atoms with Crippen LogP contribution in [0.25, 0.3) is 0 Å². The molecule has 0 fully saturated rings. The smallest absolute Gasteiger partial charge is 0.0300 e. The highest BCUT2D eigenvalue weighted by atomic mass is 14.0. The monoisotopic (exact) mass is 93.2 g/mol. The molecule has 0 nitrogen and oxygen atoms in total. The molecule has 0 heterocycles. The van der Waals surface area contributed by atoms with E-state index in [4.69, 9.17) is 9.60 Å². The Balaban J connectivity index is 5.22. The van der Waals surface area contributed by atoms with Gasteiger partial charge in [-0.1, -0.05) is 27.6 Å². The van der Waals surface area contributed by atoms with Crippen molar-refractivity contribution in [2.45, 2.75) is 27.6 Å². The van der Waals surface area contributed by atoms with E-state index < -0.39 is 25.5 Å². The van der Waals surface area contributed by atoms with Gasteiger partial charge in [0.05, 0.1) is 0 Å². The Kier molecular flexibility index (Phi) is 0.386. The summed E-state index contributed by atoms with van der Waals surface area (Å²) in [7, 11) is 0. The molecule has 0 aromatic carbocycles. The number of hydrogen-bond acceptors (Lipinski definition) is 0. The molecule has 0 aromatic heterocycles. The van der Waals surface area contributed by atoms with Crippen molar-refractivity contribution < 1.29 is 9.60 Å². The van der Waals surface area contributed by atoms with Gasteiger partial charge in [-0.2, -0.15) is 0 Å². The first kappa shape index (κ1) is 1.04. The van der Waals surface area contributed by atoms with Crippen LogP contribution in [0.4, 0.5) is 0 Å². The molecule has 0 unspecified atom stereocenters. The minimum atomic E-state index is -2.79. The van der Waals surface area contributed by atoms with Crippen molar-refractivity contribution in [1.82, 2.24) is 0 Å². The highest BCUT2D eigenvalue weighted by Crippen LogP contribution is 2.05. The molecule has 0 N–H and O–H groups in total. The molecule has 0 bridgehead atoms. The maximum absolute atomic E-state index is 7.55. The van der Waals surface area contributed by atoms with Crippen molar-refractivity contribution >= 4 is 0 Å². The van der Waals surface area contributed by atoms with Crippen molar-refractivity contribution in [2.75, 3.05) is 0 Å². The average Bonchev–Trinajstić information content (AvgIpc) is 1.80. The average molecular weight is 93.2 g/mol. The van der Waals surface area contributed by atoms with Crippen LogP contribution in [0.2, 0.25) is 0 Å². The van der Waals surface area contributed by atoms with Crippen molar-refractivity contribution in [3.63, 3.8) is 0 Å². The van der Waals surface area contributed by atoms with E-state index in [2.05, 4.69) is 0 Å². The maximum atomic E-state index is 7.55. The Morgan fingerprint density at radius 3 is 2.00 bits per heavy atom. The molecule has 0 heteroatoms. The van der Waals surface area contributed by atoms with E-state index >= 15 is 0 Å². The van der Waals surface area contributed by atoms with Crippen molar-refractivity contribution in [1.29, 1.82) is 0 Å². The molecule has 0 aliphatic carbocycles. The second-order valence-corrected chi connectivity index (χ2v) is 1.57. The van der Waals surface area contributed by atoms with Gasteiger partial charge in [-0.3, -0.25) is 0 Å². The Morgan fingerprint density at radius 2 is 2.00 bits per heavy atom. The van der Waals surface area contributed by atoms with Crippen LogP contribution >= 0.6 is 0 Å². The quantitative estimate of drug-likeness (QED) is 0.466. The third-order valence-corrected chi connectivity index (χ3v) is 0.577. The molecular formula is C6H14. The molecule has 0 spiro atoms. The fourth-order valence-corrected chi connectivity index (χ4v) is 0. The van der Waals surface area contributed by atoms with Gasteiger partial charge in [0.25, 0.3) is 0 Å². The van der Waals surface area contributed by atoms with Crippen molar-refractivity contribution in [3.05, 3.63) is 0 Å². The zero-order chi connectivity index (χ0) is 11.1. The van der Waals surface area contributed by atoms with Crippen LogP contribution < -0.4 is 0 Å². The summed E-state index contributed by atoms with van der Waals surface area (Å²) in [4.78, 5) is 0. The van der Waals surface area contributed by atoms with E-state index in [1.54, 1.807) is 0 Å². The molecule has 0 aromatic rings. The largest absolute Gasteiger partial charge is 0.0625 e. The van der Waals surface area contributed by atoms with Gasteiger partial charge < -0.3 is 0 Å². The minimum absolute atomic E-state index is 0.743. The SMILES string of the molecule is [2H]C([2H])([2H])C([2H])(C(C)C)C([2H])([2H])[2H]. The number of rotatable bonds is 1. The van der Waals surface area contributed by atoms with Crippen LogP contribution in [0, 0.1) is 11.8 Å². The lowest BCUT2D eigenvalue weighted by molar-refractivity contribution is 0.457. The highest BCUT2D eigenvalue weighted by molar-refractivity contribution is 4.46. The molecule has 0 rings (SSSR count).